The molecule has 5 nitrogen and oxygen atoms in total. The van der Waals surface area contributed by atoms with Crippen LogP contribution in [0.15, 0.2) is 24.3 Å². The first-order valence-electron chi connectivity index (χ1n) is 7.15. The minimum Gasteiger partial charge on any atom is -0.335 e. The van der Waals surface area contributed by atoms with Crippen LogP contribution in [0.1, 0.15) is 18.4 Å². The molecule has 7 heteroatoms. The highest BCUT2D eigenvalue weighted by atomic mass is 19.3. The van der Waals surface area contributed by atoms with Crippen molar-refractivity contribution < 1.29 is 13.6 Å². The Labute approximate surface area is 127 Å². The Morgan fingerprint density at radius 3 is 2.77 bits per heavy atom. The summed E-state index contributed by atoms with van der Waals surface area (Å²) in [6, 6.07) is 8.27. The smallest absolute Gasteiger partial charge is 0.319 e. The van der Waals surface area contributed by atoms with Gasteiger partial charge in [-0.1, -0.05) is 6.07 Å². The van der Waals surface area contributed by atoms with Gasteiger partial charge in [0.05, 0.1) is 18.2 Å². The van der Waals surface area contributed by atoms with Gasteiger partial charge in [0.2, 0.25) is 0 Å². The van der Waals surface area contributed by atoms with Crippen molar-refractivity contribution in [2.75, 3.05) is 25.0 Å². The van der Waals surface area contributed by atoms with Gasteiger partial charge in [-0.25, -0.2) is 13.6 Å². The van der Waals surface area contributed by atoms with Gasteiger partial charge in [0.1, 0.15) is 0 Å². The normalized spacial score (nSPS) is 16.3. The molecule has 1 aromatic rings. The molecule has 0 aliphatic carbocycles. The van der Waals surface area contributed by atoms with Crippen LogP contribution in [0.4, 0.5) is 19.3 Å². The van der Waals surface area contributed by atoms with E-state index < -0.39 is 6.43 Å². The number of nitriles is 1. The molecule has 0 bridgehead atoms. The van der Waals surface area contributed by atoms with Crippen molar-refractivity contribution in [2.24, 2.45) is 0 Å². The second-order valence-electron chi connectivity index (χ2n) is 5.26. The Bertz CT molecular complexity index is 551. The molecular weight excluding hydrogens is 290 g/mol. The molecule has 0 unspecified atom stereocenters. The fourth-order valence-corrected chi connectivity index (χ4v) is 2.47. The molecule has 1 heterocycles. The number of piperidine rings is 1. The van der Waals surface area contributed by atoms with Crippen LogP contribution in [0.3, 0.4) is 0 Å². The average Bonchev–Trinajstić information content (AvgIpc) is 2.49. The first-order chi connectivity index (χ1) is 10.6. The molecule has 1 aliphatic rings. The van der Waals surface area contributed by atoms with Crippen LogP contribution in [0.2, 0.25) is 0 Å². The van der Waals surface area contributed by atoms with E-state index in [1.165, 1.54) is 0 Å². The van der Waals surface area contributed by atoms with Crippen LogP contribution in [0, 0.1) is 11.3 Å². The summed E-state index contributed by atoms with van der Waals surface area (Å²) in [4.78, 5) is 13.6. The van der Waals surface area contributed by atoms with Gasteiger partial charge in [0.15, 0.2) is 0 Å². The SMILES string of the molecule is N#Cc1cccc(NC(=O)NC2CCN(CC(F)F)CC2)c1. The zero-order valence-electron chi connectivity index (χ0n) is 12.1. The van der Waals surface area contributed by atoms with Crippen molar-refractivity contribution in [2.45, 2.75) is 25.3 Å². The number of likely N-dealkylation sites (tertiary alicyclic amines) is 1. The number of hydrogen-bond donors (Lipinski definition) is 2. The van der Waals surface area contributed by atoms with Gasteiger partial charge >= 0.3 is 6.03 Å². The molecule has 2 N–H and O–H groups in total. The predicted molar refractivity (Wildman–Crippen MR) is 78.8 cm³/mol. The lowest BCUT2D eigenvalue weighted by atomic mass is 10.1. The standard InChI is InChI=1S/C15H18F2N4O/c16-14(17)10-21-6-4-12(5-7-21)19-15(22)20-13-3-1-2-11(8-13)9-18/h1-3,8,12,14H,4-7,10H2,(H2,19,20,22). The number of carbonyl (C=O) groups excluding carboxylic acids is 1. The molecule has 1 aliphatic heterocycles. The molecule has 0 atom stereocenters. The third kappa shape index (κ3) is 4.97. The number of alkyl halides is 2. The fraction of sp³-hybridized carbons (Fsp3) is 0.467. The third-order valence-electron chi connectivity index (χ3n) is 3.57. The van der Waals surface area contributed by atoms with Gasteiger partial charge in [-0.3, -0.25) is 4.90 Å². The zero-order chi connectivity index (χ0) is 15.9. The molecule has 22 heavy (non-hydrogen) atoms. The Morgan fingerprint density at radius 2 is 2.14 bits per heavy atom. The molecule has 0 radical (unpaired) electrons. The van der Waals surface area contributed by atoms with E-state index in [9.17, 15) is 13.6 Å². The first-order valence-corrected chi connectivity index (χ1v) is 7.15. The van der Waals surface area contributed by atoms with Crippen LogP contribution < -0.4 is 10.6 Å². The van der Waals surface area contributed by atoms with Crippen LogP contribution in [-0.2, 0) is 0 Å². The van der Waals surface area contributed by atoms with Crippen molar-refractivity contribution in [3.63, 3.8) is 0 Å². The Balaban J connectivity index is 1.77. The second-order valence-corrected chi connectivity index (χ2v) is 5.26. The molecule has 2 amide bonds. The van der Waals surface area contributed by atoms with Gasteiger partial charge in [-0.05, 0) is 31.0 Å². The highest BCUT2D eigenvalue weighted by Crippen LogP contribution is 2.13. The number of hydrogen-bond acceptors (Lipinski definition) is 3. The zero-order valence-corrected chi connectivity index (χ0v) is 12.1. The maximum atomic E-state index is 12.3. The van der Waals surface area contributed by atoms with Gasteiger partial charge in [0, 0.05) is 24.8 Å². The van der Waals surface area contributed by atoms with Crippen molar-refractivity contribution in [1.29, 1.82) is 5.26 Å². The number of rotatable bonds is 4. The fourth-order valence-electron chi connectivity index (χ4n) is 2.47. The van der Waals surface area contributed by atoms with E-state index in [2.05, 4.69) is 10.6 Å². The number of amides is 2. The topological polar surface area (TPSA) is 68.2 Å². The van der Waals surface area contributed by atoms with E-state index in [1.807, 2.05) is 6.07 Å². The summed E-state index contributed by atoms with van der Waals surface area (Å²) < 4.78 is 24.6. The summed E-state index contributed by atoms with van der Waals surface area (Å²) in [7, 11) is 0. The minimum absolute atomic E-state index is 0.0203. The summed E-state index contributed by atoms with van der Waals surface area (Å²) in [5.74, 6) is 0. The summed E-state index contributed by atoms with van der Waals surface area (Å²) in [6.45, 7) is 0.901. The molecule has 1 fully saturated rings. The van der Waals surface area contributed by atoms with Crippen molar-refractivity contribution in [3.05, 3.63) is 29.8 Å². The van der Waals surface area contributed by atoms with Gasteiger partial charge in [-0.15, -0.1) is 0 Å². The van der Waals surface area contributed by atoms with Crippen molar-refractivity contribution in [1.82, 2.24) is 10.2 Å². The third-order valence-corrected chi connectivity index (χ3v) is 3.57. The van der Waals surface area contributed by atoms with Gasteiger partial charge in [-0.2, -0.15) is 5.26 Å². The van der Waals surface area contributed by atoms with E-state index in [4.69, 9.17) is 5.26 Å². The first kappa shape index (κ1) is 16.2. The number of carbonyl (C=O) groups is 1. The Hall–Kier alpha value is -2.20. The number of halogens is 2. The van der Waals surface area contributed by atoms with E-state index in [1.54, 1.807) is 29.2 Å². The largest absolute Gasteiger partial charge is 0.335 e. The molecule has 2 rings (SSSR count). The van der Waals surface area contributed by atoms with Crippen LogP contribution in [-0.4, -0.2) is 43.0 Å². The van der Waals surface area contributed by atoms with Crippen molar-refractivity contribution in [3.8, 4) is 6.07 Å². The number of benzene rings is 1. The van der Waals surface area contributed by atoms with E-state index >= 15 is 0 Å². The van der Waals surface area contributed by atoms with E-state index in [-0.39, 0.29) is 18.6 Å². The number of urea groups is 1. The Kier molecular flexibility index (Phi) is 5.67. The van der Waals surface area contributed by atoms with Crippen molar-refractivity contribution >= 4 is 11.7 Å². The number of anilines is 1. The molecular formula is C15H18F2N4O. The quantitative estimate of drug-likeness (QED) is 0.897. The second kappa shape index (κ2) is 7.71. The van der Waals surface area contributed by atoms with Crippen LogP contribution in [0.25, 0.3) is 0 Å². The summed E-state index contributed by atoms with van der Waals surface area (Å²) in [6.07, 6.45) is -1.02. The minimum atomic E-state index is -2.32. The van der Waals surface area contributed by atoms with Gasteiger partial charge < -0.3 is 10.6 Å². The highest BCUT2D eigenvalue weighted by molar-refractivity contribution is 5.89. The van der Waals surface area contributed by atoms with E-state index in [0.29, 0.717) is 37.2 Å². The maximum absolute atomic E-state index is 12.3. The monoisotopic (exact) mass is 308 g/mol. The molecule has 0 saturated carbocycles. The number of nitrogens with zero attached hydrogens (tertiary/aromatic N) is 2. The molecule has 1 saturated heterocycles. The van der Waals surface area contributed by atoms with E-state index in [0.717, 1.165) is 0 Å². The van der Waals surface area contributed by atoms with Gasteiger partial charge in [0.25, 0.3) is 6.43 Å². The number of nitrogens with one attached hydrogen (secondary N) is 2. The molecule has 0 spiro atoms. The Morgan fingerprint density at radius 1 is 1.41 bits per heavy atom. The molecule has 1 aromatic carbocycles. The highest BCUT2D eigenvalue weighted by Gasteiger charge is 2.22. The molecule has 0 aromatic heterocycles. The predicted octanol–water partition coefficient (Wildman–Crippen LogP) is 2.41. The lowest BCUT2D eigenvalue weighted by Crippen LogP contribution is -2.46. The van der Waals surface area contributed by atoms with Crippen LogP contribution >= 0.6 is 0 Å². The lowest BCUT2D eigenvalue weighted by molar-refractivity contribution is 0.0739. The maximum Gasteiger partial charge on any atom is 0.319 e. The summed E-state index contributed by atoms with van der Waals surface area (Å²) in [5, 5.41) is 14.3. The van der Waals surface area contributed by atoms with Crippen LogP contribution in [0.5, 0.6) is 0 Å². The summed E-state index contributed by atoms with van der Waals surface area (Å²) >= 11 is 0. The summed E-state index contributed by atoms with van der Waals surface area (Å²) in [5.41, 5.74) is 1.02. The lowest BCUT2D eigenvalue weighted by Gasteiger charge is -2.31. The molecule has 118 valence electrons. The average molecular weight is 308 g/mol.